The van der Waals surface area contributed by atoms with Gasteiger partial charge in [0.05, 0.1) is 18.4 Å². The van der Waals surface area contributed by atoms with Crippen molar-refractivity contribution in [2.24, 2.45) is 11.8 Å². The standard InChI is InChI=1S/C15H25N3O3/c1-11(2)10-18(8-4-7-16)15(21)17-13-6-3-5-12(9-13)14(19)20/h11-13H,3-6,8-10H2,1-2H3,(H,17,21)(H,19,20). The minimum atomic E-state index is -0.780. The van der Waals surface area contributed by atoms with Gasteiger partial charge in [-0.05, 0) is 25.2 Å². The van der Waals surface area contributed by atoms with Crippen molar-refractivity contribution >= 4 is 12.0 Å². The molecule has 2 amide bonds. The molecular formula is C15H25N3O3. The highest BCUT2D eigenvalue weighted by molar-refractivity contribution is 5.75. The Bertz CT molecular complexity index is 403. The Balaban J connectivity index is 2.55. The van der Waals surface area contributed by atoms with Crippen LogP contribution in [0.1, 0.15) is 46.0 Å². The monoisotopic (exact) mass is 295 g/mol. The zero-order chi connectivity index (χ0) is 15.8. The van der Waals surface area contributed by atoms with Gasteiger partial charge in [0.2, 0.25) is 0 Å². The van der Waals surface area contributed by atoms with E-state index in [9.17, 15) is 9.59 Å². The van der Waals surface area contributed by atoms with E-state index in [1.54, 1.807) is 4.90 Å². The fourth-order valence-corrected chi connectivity index (χ4v) is 2.71. The Morgan fingerprint density at radius 1 is 1.43 bits per heavy atom. The van der Waals surface area contributed by atoms with Crippen molar-refractivity contribution in [3.63, 3.8) is 0 Å². The Kier molecular flexibility index (Phi) is 7.00. The van der Waals surface area contributed by atoms with Crippen molar-refractivity contribution in [3.05, 3.63) is 0 Å². The largest absolute Gasteiger partial charge is 0.481 e. The molecule has 2 unspecified atom stereocenters. The summed E-state index contributed by atoms with van der Waals surface area (Å²) < 4.78 is 0. The summed E-state index contributed by atoms with van der Waals surface area (Å²) in [6.07, 6.45) is 3.14. The van der Waals surface area contributed by atoms with Crippen molar-refractivity contribution in [1.82, 2.24) is 10.2 Å². The summed E-state index contributed by atoms with van der Waals surface area (Å²) in [5.41, 5.74) is 0. The number of hydrogen-bond acceptors (Lipinski definition) is 3. The number of amides is 2. The van der Waals surface area contributed by atoms with Gasteiger partial charge < -0.3 is 15.3 Å². The van der Waals surface area contributed by atoms with Crippen LogP contribution in [0, 0.1) is 23.2 Å². The molecule has 2 N–H and O–H groups in total. The molecule has 0 saturated heterocycles. The van der Waals surface area contributed by atoms with Crippen molar-refractivity contribution in [2.75, 3.05) is 13.1 Å². The number of rotatable bonds is 6. The molecule has 0 aliphatic heterocycles. The second-order valence-corrected chi connectivity index (χ2v) is 6.10. The molecule has 0 heterocycles. The second kappa shape index (κ2) is 8.50. The Labute approximate surface area is 126 Å². The summed E-state index contributed by atoms with van der Waals surface area (Å²) in [5.74, 6) is -0.813. The number of hydrogen-bond donors (Lipinski definition) is 2. The molecule has 1 saturated carbocycles. The van der Waals surface area contributed by atoms with Crippen LogP contribution in [-0.4, -0.2) is 41.1 Å². The number of nitriles is 1. The summed E-state index contributed by atoms with van der Waals surface area (Å²) in [6, 6.07) is 1.79. The first kappa shape index (κ1) is 17.3. The molecule has 6 nitrogen and oxygen atoms in total. The minimum Gasteiger partial charge on any atom is -0.481 e. The lowest BCUT2D eigenvalue weighted by molar-refractivity contribution is -0.143. The zero-order valence-electron chi connectivity index (χ0n) is 12.8. The number of aliphatic carboxylic acids is 1. The Morgan fingerprint density at radius 2 is 2.14 bits per heavy atom. The van der Waals surface area contributed by atoms with Crippen LogP contribution >= 0.6 is 0 Å². The maximum Gasteiger partial charge on any atom is 0.317 e. The van der Waals surface area contributed by atoms with E-state index in [2.05, 4.69) is 11.4 Å². The lowest BCUT2D eigenvalue weighted by Crippen LogP contribution is -2.48. The summed E-state index contributed by atoms with van der Waals surface area (Å²) in [4.78, 5) is 25.0. The first-order valence-electron chi connectivity index (χ1n) is 7.59. The van der Waals surface area contributed by atoms with Gasteiger partial charge in [-0.2, -0.15) is 5.26 Å². The number of carbonyl (C=O) groups is 2. The lowest BCUT2D eigenvalue weighted by Gasteiger charge is -2.31. The fraction of sp³-hybridized carbons (Fsp3) is 0.800. The highest BCUT2D eigenvalue weighted by Crippen LogP contribution is 2.24. The number of nitrogens with zero attached hydrogens (tertiary/aromatic N) is 2. The summed E-state index contributed by atoms with van der Waals surface area (Å²) in [7, 11) is 0. The molecule has 0 radical (unpaired) electrons. The maximum absolute atomic E-state index is 12.3. The van der Waals surface area contributed by atoms with Crippen molar-refractivity contribution in [1.29, 1.82) is 5.26 Å². The van der Waals surface area contributed by atoms with E-state index in [0.717, 1.165) is 12.8 Å². The molecule has 6 heteroatoms. The van der Waals surface area contributed by atoms with Crippen molar-refractivity contribution in [3.8, 4) is 6.07 Å². The predicted molar refractivity (Wildman–Crippen MR) is 78.6 cm³/mol. The van der Waals surface area contributed by atoms with E-state index in [0.29, 0.717) is 38.3 Å². The third-order valence-corrected chi connectivity index (χ3v) is 3.72. The summed E-state index contributed by atoms with van der Waals surface area (Å²) >= 11 is 0. The van der Waals surface area contributed by atoms with Gasteiger partial charge in [-0.15, -0.1) is 0 Å². The van der Waals surface area contributed by atoms with Gasteiger partial charge in [-0.25, -0.2) is 4.79 Å². The van der Waals surface area contributed by atoms with Crippen LogP contribution in [0.2, 0.25) is 0 Å². The van der Waals surface area contributed by atoms with E-state index in [-0.39, 0.29) is 18.0 Å². The van der Waals surface area contributed by atoms with E-state index < -0.39 is 5.97 Å². The molecule has 1 fully saturated rings. The van der Waals surface area contributed by atoms with Crippen LogP contribution in [0.4, 0.5) is 4.79 Å². The van der Waals surface area contributed by atoms with E-state index >= 15 is 0 Å². The van der Waals surface area contributed by atoms with Gasteiger partial charge in [-0.3, -0.25) is 4.79 Å². The number of urea groups is 1. The Hall–Kier alpha value is -1.77. The third kappa shape index (κ3) is 6.03. The zero-order valence-corrected chi connectivity index (χ0v) is 12.8. The molecule has 2 atom stereocenters. The number of carboxylic acids is 1. The molecule has 0 aromatic carbocycles. The van der Waals surface area contributed by atoms with Crippen LogP contribution in [0.3, 0.4) is 0 Å². The van der Waals surface area contributed by atoms with Gasteiger partial charge in [0.1, 0.15) is 0 Å². The van der Waals surface area contributed by atoms with Crippen molar-refractivity contribution in [2.45, 2.75) is 52.0 Å². The molecule has 0 bridgehead atoms. The quantitative estimate of drug-likeness (QED) is 0.785. The van der Waals surface area contributed by atoms with Crippen LogP contribution in [-0.2, 0) is 4.79 Å². The number of carbonyl (C=O) groups excluding carboxylic acids is 1. The molecule has 118 valence electrons. The maximum atomic E-state index is 12.3. The van der Waals surface area contributed by atoms with Gasteiger partial charge >= 0.3 is 12.0 Å². The van der Waals surface area contributed by atoms with E-state index in [1.807, 2.05) is 13.8 Å². The van der Waals surface area contributed by atoms with Gasteiger partial charge in [-0.1, -0.05) is 20.3 Å². The molecule has 1 aliphatic rings. The first-order valence-corrected chi connectivity index (χ1v) is 7.59. The second-order valence-electron chi connectivity index (χ2n) is 6.10. The van der Waals surface area contributed by atoms with Crippen LogP contribution in [0.25, 0.3) is 0 Å². The van der Waals surface area contributed by atoms with Gasteiger partial charge in [0.25, 0.3) is 0 Å². The summed E-state index contributed by atoms with van der Waals surface area (Å²) in [5, 5.41) is 20.7. The van der Waals surface area contributed by atoms with E-state index in [1.165, 1.54) is 0 Å². The van der Waals surface area contributed by atoms with Crippen LogP contribution in [0.5, 0.6) is 0 Å². The molecular weight excluding hydrogens is 270 g/mol. The van der Waals surface area contributed by atoms with Gasteiger partial charge in [0, 0.05) is 19.1 Å². The Morgan fingerprint density at radius 3 is 2.71 bits per heavy atom. The van der Waals surface area contributed by atoms with Gasteiger partial charge in [0.15, 0.2) is 0 Å². The van der Waals surface area contributed by atoms with Crippen molar-refractivity contribution < 1.29 is 14.7 Å². The van der Waals surface area contributed by atoms with E-state index in [4.69, 9.17) is 10.4 Å². The topological polar surface area (TPSA) is 93.4 Å². The third-order valence-electron chi connectivity index (χ3n) is 3.72. The summed E-state index contributed by atoms with van der Waals surface area (Å²) in [6.45, 7) is 5.06. The molecule has 1 rings (SSSR count). The van der Waals surface area contributed by atoms with Crippen LogP contribution < -0.4 is 5.32 Å². The lowest BCUT2D eigenvalue weighted by atomic mass is 9.86. The molecule has 0 aromatic rings. The average molecular weight is 295 g/mol. The highest BCUT2D eigenvalue weighted by Gasteiger charge is 2.28. The predicted octanol–water partition coefficient (Wildman–Crippen LogP) is 2.21. The molecule has 0 aromatic heterocycles. The molecule has 0 spiro atoms. The smallest absolute Gasteiger partial charge is 0.317 e. The number of carboxylic acid groups (broad SMARTS) is 1. The minimum absolute atomic E-state index is 0.0795. The molecule has 21 heavy (non-hydrogen) atoms. The van der Waals surface area contributed by atoms with Crippen LogP contribution in [0.15, 0.2) is 0 Å². The number of nitrogens with one attached hydrogen (secondary N) is 1. The SMILES string of the molecule is CC(C)CN(CCC#N)C(=O)NC1CCCC(C(=O)O)C1. The fourth-order valence-electron chi connectivity index (χ4n) is 2.71. The first-order chi connectivity index (χ1) is 9.93. The normalized spacial score (nSPS) is 21.6. The average Bonchev–Trinajstić information content (AvgIpc) is 2.43. The highest BCUT2D eigenvalue weighted by atomic mass is 16.4. The molecule has 1 aliphatic carbocycles.